The van der Waals surface area contributed by atoms with Crippen molar-refractivity contribution in [3.63, 3.8) is 0 Å². The first-order chi connectivity index (χ1) is 12.2. The number of aromatic nitrogens is 3. The number of carbonyl (C=O) groups excluding carboxylic acids is 1. The number of allylic oxidation sites excluding steroid dienone is 1. The van der Waals surface area contributed by atoms with Gasteiger partial charge in [-0.3, -0.25) is 14.7 Å². The van der Waals surface area contributed by atoms with Gasteiger partial charge in [-0.1, -0.05) is 12.2 Å². The van der Waals surface area contributed by atoms with Gasteiger partial charge in [-0.15, -0.1) is 0 Å². The van der Waals surface area contributed by atoms with E-state index in [2.05, 4.69) is 15.4 Å². The molecule has 0 spiro atoms. The standard InChI is InChI=1S/C17H19F3N4O2/c1-9-11(10(2)24-14(21-9)8-16(26)23-24)7-15(25)22-13-6-4-3-5-12(13)17(18,19)20/h3-4,8,12-13H,5-7H2,1-2H3,(H,22,25)(H,23,26). The normalized spacial score (nSPS) is 20.5. The van der Waals surface area contributed by atoms with Crippen LogP contribution in [0.1, 0.15) is 29.8 Å². The first-order valence-corrected chi connectivity index (χ1v) is 8.25. The van der Waals surface area contributed by atoms with Crippen LogP contribution in [-0.2, 0) is 11.2 Å². The Bertz CT molecular complexity index is 926. The van der Waals surface area contributed by atoms with E-state index in [4.69, 9.17) is 0 Å². The average molecular weight is 368 g/mol. The molecule has 9 heteroatoms. The third-order valence-electron chi connectivity index (χ3n) is 4.74. The summed E-state index contributed by atoms with van der Waals surface area (Å²) < 4.78 is 40.9. The van der Waals surface area contributed by atoms with Crippen molar-refractivity contribution >= 4 is 11.6 Å². The van der Waals surface area contributed by atoms with Crippen molar-refractivity contribution in [2.75, 3.05) is 0 Å². The minimum atomic E-state index is -4.36. The third kappa shape index (κ3) is 3.51. The SMILES string of the molecule is Cc1nc2cc(=O)[nH]n2c(C)c1CC(=O)NC1CC=CCC1C(F)(F)F. The lowest BCUT2D eigenvalue weighted by atomic mass is 9.88. The zero-order valence-corrected chi connectivity index (χ0v) is 14.4. The van der Waals surface area contributed by atoms with Crippen molar-refractivity contribution in [1.82, 2.24) is 19.9 Å². The number of halogens is 3. The largest absolute Gasteiger partial charge is 0.394 e. The maximum Gasteiger partial charge on any atom is 0.394 e. The van der Waals surface area contributed by atoms with Crippen LogP contribution >= 0.6 is 0 Å². The highest BCUT2D eigenvalue weighted by Gasteiger charge is 2.45. The molecule has 1 aliphatic carbocycles. The number of hydrogen-bond acceptors (Lipinski definition) is 3. The fourth-order valence-electron chi connectivity index (χ4n) is 3.37. The smallest absolute Gasteiger partial charge is 0.352 e. The van der Waals surface area contributed by atoms with Gasteiger partial charge in [0.05, 0.1) is 12.3 Å². The molecular formula is C17H19F3N4O2. The second-order valence-corrected chi connectivity index (χ2v) is 6.52. The molecule has 0 fully saturated rings. The van der Waals surface area contributed by atoms with Gasteiger partial charge >= 0.3 is 6.18 Å². The van der Waals surface area contributed by atoms with Crippen molar-refractivity contribution in [3.05, 3.63) is 45.5 Å². The molecule has 2 aromatic rings. The molecule has 2 aromatic heterocycles. The van der Waals surface area contributed by atoms with E-state index in [1.807, 2.05) is 0 Å². The third-order valence-corrected chi connectivity index (χ3v) is 4.74. The van der Waals surface area contributed by atoms with Gasteiger partial charge < -0.3 is 5.32 Å². The number of nitrogens with one attached hydrogen (secondary N) is 2. The summed E-state index contributed by atoms with van der Waals surface area (Å²) in [6.45, 7) is 3.43. The highest BCUT2D eigenvalue weighted by molar-refractivity contribution is 5.79. The van der Waals surface area contributed by atoms with Crippen LogP contribution in [0.2, 0.25) is 0 Å². The molecular weight excluding hydrogens is 349 g/mol. The summed E-state index contributed by atoms with van der Waals surface area (Å²) in [6.07, 6.45) is -1.30. The summed E-state index contributed by atoms with van der Waals surface area (Å²) in [5.41, 5.74) is 1.89. The highest BCUT2D eigenvalue weighted by atomic mass is 19.4. The molecule has 6 nitrogen and oxygen atoms in total. The number of alkyl halides is 3. The van der Waals surface area contributed by atoms with E-state index in [-0.39, 0.29) is 24.8 Å². The van der Waals surface area contributed by atoms with Crippen molar-refractivity contribution in [2.24, 2.45) is 5.92 Å². The summed E-state index contributed by atoms with van der Waals surface area (Å²) in [5.74, 6) is -2.08. The number of nitrogens with zero attached hydrogens (tertiary/aromatic N) is 2. The molecule has 26 heavy (non-hydrogen) atoms. The Labute approximate surface area is 147 Å². The zero-order valence-electron chi connectivity index (χ0n) is 14.4. The summed E-state index contributed by atoms with van der Waals surface area (Å²) in [7, 11) is 0. The second-order valence-electron chi connectivity index (χ2n) is 6.52. The Morgan fingerprint density at radius 3 is 2.73 bits per heavy atom. The number of hydrogen-bond donors (Lipinski definition) is 2. The topological polar surface area (TPSA) is 79.3 Å². The number of fused-ring (bicyclic) bond motifs is 1. The number of H-pyrrole nitrogens is 1. The van der Waals surface area contributed by atoms with Crippen LogP contribution in [0, 0.1) is 19.8 Å². The minimum absolute atomic E-state index is 0.106. The number of aryl methyl sites for hydroxylation is 2. The number of amides is 1. The van der Waals surface area contributed by atoms with Gasteiger partial charge in [-0.25, -0.2) is 9.50 Å². The lowest BCUT2D eigenvalue weighted by Gasteiger charge is -2.31. The zero-order chi connectivity index (χ0) is 19.1. The predicted octanol–water partition coefficient (Wildman–Crippen LogP) is 2.20. The van der Waals surface area contributed by atoms with E-state index in [9.17, 15) is 22.8 Å². The average Bonchev–Trinajstić information content (AvgIpc) is 2.91. The maximum atomic E-state index is 13.1. The molecule has 2 unspecified atom stereocenters. The molecule has 2 atom stereocenters. The van der Waals surface area contributed by atoms with Crippen LogP contribution in [0.3, 0.4) is 0 Å². The molecule has 2 heterocycles. The molecule has 0 aliphatic heterocycles. The van der Waals surface area contributed by atoms with E-state index in [0.717, 1.165) is 0 Å². The van der Waals surface area contributed by atoms with E-state index in [1.54, 1.807) is 19.9 Å². The molecule has 0 radical (unpaired) electrons. The van der Waals surface area contributed by atoms with E-state index >= 15 is 0 Å². The molecule has 1 aliphatic rings. The molecule has 0 saturated carbocycles. The fourth-order valence-corrected chi connectivity index (χ4v) is 3.37. The van der Waals surface area contributed by atoms with Gasteiger partial charge in [-0.2, -0.15) is 13.2 Å². The molecule has 2 N–H and O–H groups in total. The van der Waals surface area contributed by atoms with Crippen LogP contribution in [0.25, 0.3) is 5.65 Å². The van der Waals surface area contributed by atoms with Gasteiger partial charge in [0.1, 0.15) is 0 Å². The van der Waals surface area contributed by atoms with Crippen LogP contribution in [0.4, 0.5) is 13.2 Å². The summed E-state index contributed by atoms with van der Waals surface area (Å²) in [6, 6.07) is 0.364. The first-order valence-electron chi connectivity index (χ1n) is 8.25. The molecule has 0 saturated heterocycles. The monoisotopic (exact) mass is 368 g/mol. The minimum Gasteiger partial charge on any atom is -0.352 e. The van der Waals surface area contributed by atoms with E-state index < -0.39 is 24.0 Å². The van der Waals surface area contributed by atoms with Gasteiger partial charge in [0.2, 0.25) is 5.91 Å². The molecule has 140 valence electrons. The first kappa shape index (κ1) is 18.2. The maximum absolute atomic E-state index is 13.1. The fraction of sp³-hybridized carbons (Fsp3) is 0.471. The Balaban J connectivity index is 1.81. The van der Waals surface area contributed by atoms with Crippen LogP contribution in [0.5, 0.6) is 0 Å². The number of rotatable bonds is 3. The van der Waals surface area contributed by atoms with Crippen LogP contribution in [0.15, 0.2) is 23.0 Å². The quantitative estimate of drug-likeness (QED) is 0.815. The Kier molecular flexibility index (Phi) is 4.64. The van der Waals surface area contributed by atoms with Gasteiger partial charge in [-0.05, 0) is 26.7 Å². The van der Waals surface area contributed by atoms with Crippen molar-refractivity contribution in [1.29, 1.82) is 0 Å². The summed E-state index contributed by atoms with van der Waals surface area (Å²) in [4.78, 5) is 28.1. The van der Waals surface area contributed by atoms with Crippen LogP contribution in [-0.4, -0.2) is 32.7 Å². The van der Waals surface area contributed by atoms with E-state index in [0.29, 0.717) is 22.6 Å². The summed E-state index contributed by atoms with van der Waals surface area (Å²) >= 11 is 0. The second kappa shape index (κ2) is 6.62. The predicted molar refractivity (Wildman–Crippen MR) is 88.8 cm³/mol. The molecule has 0 aromatic carbocycles. The number of aromatic amines is 1. The Hall–Kier alpha value is -2.58. The lowest BCUT2D eigenvalue weighted by molar-refractivity contribution is -0.182. The van der Waals surface area contributed by atoms with Gasteiger partial charge in [0.25, 0.3) is 5.56 Å². The number of carbonyl (C=O) groups is 1. The Morgan fingerprint density at radius 1 is 1.35 bits per heavy atom. The van der Waals surface area contributed by atoms with Crippen LogP contribution < -0.4 is 10.9 Å². The van der Waals surface area contributed by atoms with E-state index in [1.165, 1.54) is 16.7 Å². The Morgan fingerprint density at radius 2 is 2.04 bits per heavy atom. The molecule has 3 rings (SSSR count). The van der Waals surface area contributed by atoms with Gasteiger partial charge in [0.15, 0.2) is 5.65 Å². The van der Waals surface area contributed by atoms with Gasteiger partial charge in [0, 0.05) is 29.1 Å². The molecule has 0 bridgehead atoms. The van der Waals surface area contributed by atoms with Crippen molar-refractivity contribution in [2.45, 2.75) is 45.3 Å². The highest BCUT2D eigenvalue weighted by Crippen LogP contribution is 2.35. The van der Waals surface area contributed by atoms with Crippen molar-refractivity contribution < 1.29 is 18.0 Å². The van der Waals surface area contributed by atoms with Crippen molar-refractivity contribution in [3.8, 4) is 0 Å². The lowest BCUT2D eigenvalue weighted by Crippen LogP contribution is -2.47. The summed E-state index contributed by atoms with van der Waals surface area (Å²) in [5, 5.41) is 5.10. The molecule has 1 amide bonds.